The van der Waals surface area contributed by atoms with Gasteiger partial charge in [0.1, 0.15) is 17.4 Å². The van der Waals surface area contributed by atoms with Crippen LogP contribution in [-0.4, -0.2) is 30.0 Å². The summed E-state index contributed by atoms with van der Waals surface area (Å²) in [6.07, 6.45) is 4.52. The van der Waals surface area contributed by atoms with Gasteiger partial charge < -0.3 is 9.88 Å². The van der Waals surface area contributed by atoms with Crippen molar-refractivity contribution in [3.05, 3.63) is 101 Å². The molecule has 0 aliphatic rings. The zero-order chi connectivity index (χ0) is 23.7. The van der Waals surface area contributed by atoms with Gasteiger partial charge in [-0.25, -0.2) is 9.36 Å². The van der Waals surface area contributed by atoms with Crippen LogP contribution in [0.3, 0.4) is 0 Å². The number of carbonyl (C=O) groups is 1. The maximum absolute atomic E-state index is 13.6. The molecule has 5 aromatic rings. The van der Waals surface area contributed by atoms with Crippen LogP contribution in [0.5, 0.6) is 0 Å². The van der Waals surface area contributed by atoms with Crippen molar-refractivity contribution >= 4 is 22.5 Å². The lowest BCUT2D eigenvalue weighted by atomic mass is 10.1. The van der Waals surface area contributed by atoms with E-state index in [1.54, 1.807) is 11.6 Å². The van der Waals surface area contributed by atoms with Crippen molar-refractivity contribution in [1.29, 1.82) is 0 Å². The summed E-state index contributed by atoms with van der Waals surface area (Å²) < 4.78 is 4.80. The molecule has 3 heterocycles. The zero-order valence-electron chi connectivity index (χ0n) is 19.0. The number of carbonyl (C=O) groups excluding carboxylic acids is 1. The molecule has 8 heteroatoms. The summed E-state index contributed by atoms with van der Waals surface area (Å²) >= 11 is 0. The third kappa shape index (κ3) is 3.79. The lowest BCUT2D eigenvalue weighted by Crippen LogP contribution is -2.30. The molecule has 2 aromatic carbocycles. The maximum atomic E-state index is 13.6. The van der Waals surface area contributed by atoms with Gasteiger partial charge in [0.25, 0.3) is 5.56 Å². The lowest BCUT2D eigenvalue weighted by molar-refractivity contribution is -0.117. The molecule has 0 saturated heterocycles. The van der Waals surface area contributed by atoms with Crippen molar-refractivity contribution in [2.24, 2.45) is 0 Å². The van der Waals surface area contributed by atoms with Crippen molar-refractivity contribution in [3.8, 4) is 11.5 Å². The monoisotopic (exact) mass is 452 g/mol. The summed E-state index contributed by atoms with van der Waals surface area (Å²) in [4.78, 5) is 26.5. The maximum Gasteiger partial charge on any atom is 0.280 e. The highest BCUT2D eigenvalue weighted by molar-refractivity contribution is 5.92. The normalized spacial score (nSPS) is 11.1. The number of aromatic nitrogens is 5. The number of para-hydroxylation sites is 2. The largest absolute Gasteiger partial charge is 0.324 e. The fourth-order valence-corrected chi connectivity index (χ4v) is 4.11. The standard InChI is InChI=1S/C26H24N6O2/c1-3-19-11-7-8-14-21(19)27-22(33)17-31-26(34)23-24(18(2)28-31)29-32(20-12-5-4-6-13-20)25(23)30-15-9-10-16-30/h4-16H,3,17H2,1-2H3,(H,27,33). The summed E-state index contributed by atoms with van der Waals surface area (Å²) in [6, 6.07) is 21.0. The molecule has 5 rings (SSSR count). The highest BCUT2D eigenvalue weighted by Crippen LogP contribution is 2.24. The first-order valence-corrected chi connectivity index (χ1v) is 11.1. The fraction of sp³-hybridized carbons (Fsp3) is 0.154. The van der Waals surface area contributed by atoms with Crippen LogP contribution >= 0.6 is 0 Å². The van der Waals surface area contributed by atoms with Gasteiger partial charge in [-0.2, -0.15) is 10.2 Å². The van der Waals surface area contributed by atoms with Crippen LogP contribution in [0, 0.1) is 6.92 Å². The molecule has 0 aliphatic carbocycles. The van der Waals surface area contributed by atoms with E-state index in [-0.39, 0.29) is 18.0 Å². The summed E-state index contributed by atoms with van der Waals surface area (Å²) in [5, 5.41) is 12.5. The van der Waals surface area contributed by atoms with E-state index in [1.165, 1.54) is 4.68 Å². The van der Waals surface area contributed by atoms with Gasteiger partial charge in [-0.1, -0.05) is 43.3 Å². The van der Waals surface area contributed by atoms with E-state index in [9.17, 15) is 9.59 Å². The summed E-state index contributed by atoms with van der Waals surface area (Å²) in [5.74, 6) is 0.291. The number of fused-ring (bicyclic) bond motifs is 1. The van der Waals surface area contributed by atoms with Crippen molar-refractivity contribution in [2.45, 2.75) is 26.8 Å². The number of anilines is 1. The minimum atomic E-state index is -0.370. The van der Waals surface area contributed by atoms with Crippen LogP contribution in [0.15, 0.2) is 83.9 Å². The second-order valence-electron chi connectivity index (χ2n) is 7.99. The number of aryl methyl sites for hydroxylation is 2. The van der Waals surface area contributed by atoms with Gasteiger partial charge in [0.2, 0.25) is 5.91 Å². The van der Waals surface area contributed by atoms with E-state index in [4.69, 9.17) is 5.10 Å². The van der Waals surface area contributed by atoms with Gasteiger partial charge in [0.05, 0.1) is 11.4 Å². The van der Waals surface area contributed by atoms with Crippen molar-refractivity contribution in [2.75, 3.05) is 5.32 Å². The molecule has 0 fully saturated rings. The molecular weight excluding hydrogens is 428 g/mol. The van der Waals surface area contributed by atoms with E-state index in [0.29, 0.717) is 22.4 Å². The molecule has 1 amide bonds. The Morgan fingerprint density at radius 1 is 0.941 bits per heavy atom. The smallest absolute Gasteiger partial charge is 0.280 e. The quantitative estimate of drug-likeness (QED) is 0.424. The van der Waals surface area contributed by atoms with Crippen molar-refractivity contribution in [1.82, 2.24) is 24.1 Å². The Morgan fingerprint density at radius 3 is 2.38 bits per heavy atom. The zero-order valence-corrected chi connectivity index (χ0v) is 19.0. The highest BCUT2D eigenvalue weighted by Gasteiger charge is 2.22. The van der Waals surface area contributed by atoms with E-state index in [1.807, 2.05) is 90.6 Å². The first kappa shape index (κ1) is 21.4. The van der Waals surface area contributed by atoms with E-state index in [0.717, 1.165) is 23.4 Å². The minimum absolute atomic E-state index is 0.199. The molecule has 1 N–H and O–H groups in total. The molecule has 8 nitrogen and oxygen atoms in total. The average molecular weight is 453 g/mol. The Hall–Kier alpha value is -4.46. The predicted molar refractivity (Wildman–Crippen MR) is 132 cm³/mol. The summed E-state index contributed by atoms with van der Waals surface area (Å²) in [6.45, 7) is 3.63. The Kier molecular flexibility index (Phi) is 5.55. The number of benzene rings is 2. The molecule has 3 aromatic heterocycles. The minimum Gasteiger partial charge on any atom is -0.324 e. The number of rotatable bonds is 6. The van der Waals surface area contributed by atoms with Crippen molar-refractivity contribution in [3.63, 3.8) is 0 Å². The predicted octanol–water partition coefficient (Wildman–Crippen LogP) is 3.88. The summed E-state index contributed by atoms with van der Waals surface area (Å²) in [7, 11) is 0. The number of nitrogens with zero attached hydrogens (tertiary/aromatic N) is 5. The van der Waals surface area contributed by atoms with Crippen LogP contribution in [0.4, 0.5) is 5.69 Å². The Bertz CT molecular complexity index is 1530. The molecule has 0 spiro atoms. The van der Waals surface area contributed by atoms with Gasteiger partial charge in [0.15, 0.2) is 5.82 Å². The second-order valence-corrected chi connectivity index (χ2v) is 7.99. The topological polar surface area (TPSA) is 86.7 Å². The molecule has 0 atom stereocenters. The molecular formula is C26H24N6O2. The Morgan fingerprint density at radius 2 is 1.65 bits per heavy atom. The Labute approximate surface area is 196 Å². The first-order chi connectivity index (χ1) is 16.6. The van der Waals surface area contributed by atoms with Gasteiger partial charge >= 0.3 is 0 Å². The molecule has 0 radical (unpaired) electrons. The summed E-state index contributed by atoms with van der Waals surface area (Å²) in [5.41, 5.74) is 3.30. The van der Waals surface area contributed by atoms with Crippen molar-refractivity contribution < 1.29 is 4.79 Å². The lowest BCUT2D eigenvalue weighted by Gasteiger charge is -2.11. The van der Waals surface area contributed by atoms with Crippen LogP contribution in [-0.2, 0) is 17.8 Å². The van der Waals surface area contributed by atoms with Gasteiger partial charge in [-0.3, -0.25) is 9.59 Å². The molecule has 170 valence electrons. The Balaban J connectivity index is 1.61. The average Bonchev–Trinajstić information content (AvgIpc) is 3.51. The molecule has 0 saturated carbocycles. The van der Waals surface area contributed by atoms with E-state index in [2.05, 4.69) is 10.4 Å². The third-order valence-electron chi connectivity index (χ3n) is 5.74. The SMILES string of the molecule is CCc1ccccc1NC(=O)Cn1nc(C)c2nn(-c3ccccc3)c(-n3cccc3)c2c1=O. The number of nitrogens with one attached hydrogen (secondary N) is 1. The second kappa shape index (κ2) is 8.82. The van der Waals surface area contributed by atoms with Gasteiger partial charge in [-0.15, -0.1) is 0 Å². The number of amides is 1. The van der Waals surface area contributed by atoms with Crippen LogP contribution < -0.4 is 10.9 Å². The first-order valence-electron chi connectivity index (χ1n) is 11.1. The van der Waals surface area contributed by atoms with Gasteiger partial charge in [-0.05, 0) is 49.2 Å². The van der Waals surface area contributed by atoms with Crippen LogP contribution in [0.1, 0.15) is 18.2 Å². The molecule has 0 bridgehead atoms. The van der Waals surface area contributed by atoms with Crippen LogP contribution in [0.25, 0.3) is 22.4 Å². The van der Waals surface area contributed by atoms with E-state index < -0.39 is 0 Å². The number of hydrogen-bond acceptors (Lipinski definition) is 4. The molecule has 34 heavy (non-hydrogen) atoms. The highest BCUT2D eigenvalue weighted by atomic mass is 16.2. The molecule has 0 aliphatic heterocycles. The third-order valence-corrected chi connectivity index (χ3v) is 5.74. The number of hydrogen-bond donors (Lipinski definition) is 1. The fourth-order valence-electron chi connectivity index (χ4n) is 4.11. The van der Waals surface area contributed by atoms with Crippen LogP contribution in [0.2, 0.25) is 0 Å². The molecule has 0 unspecified atom stereocenters. The van der Waals surface area contributed by atoms with Gasteiger partial charge in [0, 0.05) is 18.1 Å². The van der Waals surface area contributed by atoms with E-state index >= 15 is 0 Å².